The van der Waals surface area contributed by atoms with Gasteiger partial charge in [-0.3, -0.25) is 4.79 Å². The summed E-state index contributed by atoms with van der Waals surface area (Å²) in [4.78, 5) is 24.8. The number of carbonyl (C=O) groups is 1. The number of fused-ring (bicyclic) bond motifs is 1. The van der Waals surface area contributed by atoms with E-state index in [2.05, 4.69) is 30.7 Å². The summed E-state index contributed by atoms with van der Waals surface area (Å²) in [6.07, 6.45) is 9.08. The highest BCUT2D eigenvalue weighted by molar-refractivity contribution is 7.91. The summed E-state index contributed by atoms with van der Waals surface area (Å²) in [5, 5.41) is 22.5. The molecule has 11 nitrogen and oxygen atoms in total. The van der Waals surface area contributed by atoms with E-state index in [1.54, 1.807) is 6.20 Å². The molecule has 1 aliphatic heterocycles. The molecule has 0 spiro atoms. The van der Waals surface area contributed by atoms with E-state index in [4.69, 9.17) is 4.52 Å². The number of H-pyrrole nitrogens is 1. The van der Waals surface area contributed by atoms with Gasteiger partial charge in [0.15, 0.2) is 0 Å². The molecule has 37 heavy (non-hydrogen) atoms. The van der Waals surface area contributed by atoms with Crippen LogP contribution in [0.4, 0.5) is 5.69 Å². The van der Waals surface area contributed by atoms with Crippen LogP contribution >= 0.6 is 0 Å². The number of hydrogen-bond donors (Lipinski definition) is 4. The zero-order chi connectivity index (χ0) is 25.4. The summed E-state index contributed by atoms with van der Waals surface area (Å²) in [6, 6.07) is 1.95. The molecule has 4 heterocycles. The zero-order valence-electron chi connectivity index (χ0n) is 20.3. The normalized spacial score (nSPS) is 32.6. The number of carbonyl (C=O) groups excluding carboxylic acids is 1. The van der Waals surface area contributed by atoms with Crippen LogP contribution in [0.1, 0.15) is 55.6 Å². The molecule has 8 rings (SSSR count). The maximum Gasteiger partial charge on any atom is 0.292 e. The highest BCUT2D eigenvalue weighted by Crippen LogP contribution is 2.56. The third-order valence-corrected chi connectivity index (χ3v) is 10.6. The number of sulfone groups is 1. The number of anilines is 1. The van der Waals surface area contributed by atoms with Crippen molar-refractivity contribution in [3.05, 3.63) is 24.3 Å². The van der Waals surface area contributed by atoms with Crippen LogP contribution in [0.25, 0.3) is 22.5 Å². The van der Waals surface area contributed by atoms with Gasteiger partial charge in [0.1, 0.15) is 15.5 Å². The number of aliphatic hydroxyl groups is 1. The van der Waals surface area contributed by atoms with Crippen LogP contribution in [-0.2, 0) is 9.84 Å². The second kappa shape index (κ2) is 8.26. The summed E-state index contributed by atoms with van der Waals surface area (Å²) in [6.45, 7) is 0. The molecule has 3 aromatic rings. The van der Waals surface area contributed by atoms with Gasteiger partial charge in [-0.25, -0.2) is 13.4 Å². The highest BCUT2D eigenvalue weighted by Gasteiger charge is 2.54. The molecule has 4 saturated carbocycles. The predicted octanol–water partition coefficient (Wildman–Crippen LogP) is 2.27. The lowest BCUT2D eigenvalue weighted by Gasteiger charge is -2.58. The lowest BCUT2D eigenvalue weighted by Crippen LogP contribution is -2.59. The molecule has 1 saturated heterocycles. The van der Waals surface area contributed by atoms with Gasteiger partial charge >= 0.3 is 0 Å². The molecule has 1 amide bonds. The van der Waals surface area contributed by atoms with Crippen molar-refractivity contribution in [2.45, 2.75) is 62.6 Å². The van der Waals surface area contributed by atoms with Crippen molar-refractivity contribution >= 4 is 32.5 Å². The van der Waals surface area contributed by atoms with Crippen LogP contribution in [0, 0.1) is 17.8 Å². The first kappa shape index (κ1) is 23.2. The smallest absolute Gasteiger partial charge is 0.292 e. The van der Waals surface area contributed by atoms with Crippen LogP contribution in [0.15, 0.2) is 23.0 Å². The van der Waals surface area contributed by atoms with E-state index in [0.29, 0.717) is 36.2 Å². The van der Waals surface area contributed by atoms with Crippen LogP contribution in [0.3, 0.4) is 0 Å². The Balaban J connectivity index is 1.16. The number of aromatic amines is 1. The van der Waals surface area contributed by atoms with Gasteiger partial charge in [0.2, 0.25) is 0 Å². The van der Waals surface area contributed by atoms with Crippen molar-refractivity contribution in [3.63, 3.8) is 0 Å². The third-order valence-electron chi connectivity index (χ3n) is 8.89. The summed E-state index contributed by atoms with van der Waals surface area (Å²) in [7, 11) is -3.02. The molecule has 5 atom stereocenters. The van der Waals surface area contributed by atoms with Crippen LogP contribution in [0.5, 0.6) is 0 Å². The van der Waals surface area contributed by atoms with Gasteiger partial charge in [-0.05, 0) is 68.8 Å². The van der Waals surface area contributed by atoms with Gasteiger partial charge in [-0.1, -0.05) is 5.16 Å². The van der Waals surface area contributed by atoms with E-state index < -0.39 is 21.3 Å². The van der Waals surface area contributed by atoms with Crippen LogP contribution in [-0.4, -0.2) is 68.7 Å². The highest BCUT2D eigenvalue weighted by atomic mass is 32.2. The summed E-state index contributed by atoms with van der Waals surface area (Å²) >= 11 is 0. The van der Waals surface area contributed by atoms with Crippen molar-refractivity contribution in [2.75, 3.05) is 16.8 Å². The van der Waals surface area contributed by atoms with Gasteiger partial charge in [-0.2, -0.15) is 4.98 Å². The molecule has 4 N–H and O–H groups in total. The first-order valence-corrected chi connectivity index (χ1v) is 14.9. The number of hydrogen-bond acceptors (Lipinski definition) is 9. The van der Waals surface area contributed by atoms with E-state index in [0.717, 1.165) is 48.8 Å². The summed E-state index contributed by atoms with van der Waals surface area (Å²) in [5.74, 6) is 1.13. The van der Waals surface area contributed by atoms with E-state index in [-0.39, 0.29) is 35.3 Å². The molecule has 196 valence electrons. The third kappa shape index (κ3) is 4.10. The van der Waals surface area contributed by atoms with Crippen molar-refractivity contribution in [3.8, 4) is 11.5 Å². The predicted molar refractivity (Wildman–Crippen MR) is 134 cm³/mol. The fourth-order valence-electron chi connectivity index (χ4n) is 7.42. The van der Waals surface area contributed by atoms with E-state index in [1.807, 2.05) is 12.3 Å². The summed E-state index contributed by atoms with van der Waals surface area (Å²) in [5.41, 5.74) is 1.67. The largest absolute Gasteiger partial charge is 0.390 e. The minimum Gasteiger partial charge on any atom is -0.390 e. The maximum atomic E-state index is 12.8. The van der Waals surface area contributed by atoms with Crippen molar-refractivity contribution in [1.29, 1.82) is 0 Å². The van der Waals surface area contributed by atoms with Crippen molar-refractivity contribution < 1.29 is 22.8 Å². The molecule has 4 aliphatic carbocycles. The monoisotopic (exact) mass is 526 g/mol. The van der Waals surface area contributed by atoms with Gasteiger partial charge in [0, 0.05) is 29.9 Å². The molecule has 3 unspecified atom stereocenters. The number of nitrogens with zero attached hydrogens (tertiary/aromatic N) is 3. The number of pyridine rings is 1. The SMILES string of the molecule is O=C(NC1CCS(=O)(=O)CC1)c1noc(-c2cnc3[nH]ccc3c2NC2[C@@H]3CC4C[C@H]2CC(O)(C4)C3)n1. The van der Waals surface area contributed by atoms with Crippen LogP contribution in [0.2, 0.25) is 0 Å². The Morgan fingerprint density at radius 3 is 2.65 bits per heavy atom. The van der Waals surface area contributed by atoms with Crippen molar-refractivity contribution in [2.24, 2.45) is 17.8 Å². The van der Waals surface area contributed by atoms with E-state index in [1.165, 1.54) is 0 Å². The number of amides is 1. The molecular weight excluding hydrogens is 496 g/mol. The first-order chi connectivity index (χ1) is 17.8. The molecule has 5 fully saturated rings. The Bertz CT molecular complexity index is 1450. The minimum absolute atomic E-state index is 0.0636. The number of rotatable bonds is 5. The van der Waals surface area contributed by atoms with Gasteiger partial charge in [0.25, 0.3) is 17.6 Å². The van der Waals surface area contributed by atoms with Crippen molar-refractivity contribution in [1.82, 2.24) is 25.4 Å². The van der Waals surface area contributed by atoms with Gasteiger partial charge < -0.3 is 25.2 Å². The fourth-order valence-corrected chi connectivity index (χ4v) is 8.91. The van der Waals surface area contributed by atoms with Gasteiger partial charge in [0.05, 0.1) is 28.4 Å². The molecular formula is C25H30N6O5S. The maximum absolute atomic E-state index is 12.8. The average Bonchev–Trinajstić information content (AvgIpc) is 3.52. The Labute approximate surface area is 213 Å². The Morgan fingerprint density at radius 1 is 1.16 bits per heavy atom. The molecule has 0 aromatic carbocycles. The molecule has 0 radical (unpaired) electrons. The Hall–Kier alpha value is -2.99. The quantitative estimate of drug-likeness (QED) is 0.390. The molecule has 5 aliphatic rings. The first-order valence-electron chi connectivity index (χ1n) is 13.1. The lowest BCUT2D eigenvalue weighted by atomic mass is 9.52. The second-order valence-corrected chi connectivity index (χ2v) is 13.8. The molecule has 4 bridgehead atoms. The van der Waals surface area contributed by atoms with E-state index >= 15 is 0 Å². The molecule has 3 aromatic heterocycles. The lowest BCUT2D eigenvalue weighted by molar-refractivity contribution is -0.129. The minimum atomic E-state index is -3.02. The zero-order valence-corrected chi connectivity index (χ0v) is 21.1. The molecule has 12 heteroatoms. The number of nitrogens with one attached hydrogen (secondary N) is 3. The van der Waals surface area contributed by atoms with Crippen LogP contribution < -0.4 is 10.6 Å². The Morgan fingerprint density at radius 2 is 1.92 bits per heavy atom. The second-order valence-electron chi connectivity index (χ2n) is 11.5. The van der Waals surface area contributed by atoms with E-state index in [9.17, 15) is 18.3 Å². The topological polar surface area (TPSA) is 163 Å². The fraction of sp³-hybridized carbons (Fsp3) is 0.600. The van der Waals surface area contributed by atoms with Gasteiger partial charge in [-0.15, -0.1) is 0 Å². The average molecular weight is 527 g/mol. The number of aromatic nitrogens is 4. The Kier molecular flexibility index (Phi) is 5.17. The standard InChI is InChI=1S/C25H30N6O5S/c32-23(28-16-2-5-37(34,35)6-3-16)22-30-24(36-31-22)18-12-27-21-17(1-4-26-21)20(18)29-19-14-7-13-8-15(19)11-25(33,9-13)10-14/h1,4,12-16,19,33H,2-3,5-11H2,(H,28,32)(H2,26,27,29)/t13?,14-,15+,19?,25?. The summed E-state index contributed by atoms with van der Waals surface area (Å²) < 4.78 is 28.9.